The largest absolute Gasteiger partial charge is 0.392 e. The van der Waals surface area contributed by atoms with Gasteiger partial charge in [0, 0.05) is 36.0 Å². The number of aliphatic hydroxyl groups is 1. The van der Waals surface area contributed by atoms with Crippen molar-refractivity contribution in [1.82, 2.24) is 24.1 Å². The molecule has 3 aromatic heterocycles. The lowest BCUT2D eigenvalue weighted by atomic mass is 9.81. The van der Waals surface area contributed by atoms with Crippen LogP contribution in [-0.4, -0.2) is 41.6 Å². The number of aromatic amines is 1. The lowest BCUT2D eigenvalue weighted by molar-refractivity contribution is 0.109. The molecule has 0 saturated heterocycles. The number of carbonyl (C=O) groups excluding carboxylic acids is 1. The number of nitrogens with zero attached hydrogens (tertiary/aromatic N) is 4. The normalized spacial score (nSPS) is 23.4. The molecule has 0 unspecified atom stereocenters. The van der Waals surface area contributed by atoms with Gasteiger partial charge in [-0.25, -0.2) is 9.97 Å². The Morgan fingerprint density at radius 1 is 1.42 bits per heavy atom. The lowest BCUT2D eigenvalue weighted by Gasteiger charge is -2.33. The number of aromatic nitrogens is 5. The zero-order valence-electron chi connectivity index (χ0n) is 13.3. The summed E-state index contributed by atoms with van der Waals surface area (Å²) < 4.78 is 3.66. The van der Waals surface area contributed by atoms with Gasteiger partial charge >= 0.3 is 0 Å². The molecule has 1 aliphatic carbocycles. The second-order valence-electron chi connectivity index (χ2n) is 6.28. The summed E-state index contributed by atoms with van der Waals surface area (Å²) >= 11 is 0. The molecule has 24 heavy (non-hydrogen) atoms. The first-order valence-corrected chi connectivity index (χ1v) is 7.75. The molecule has 3 heterocycles. The predicted octanol–water partition coefficient (Wildman–Crippen LogP) is 0.728. The van der Waals surface area contributed by atoms with Crippen LogP contribution >= 0.6 is 0 Å². The minimum atomic E-state index is -0.560. The van der Waals surface area contributed by atoms with Crippen molar-refractivity contribution in [2.45, 2.75) is 31.4 Å². The first kappa shape index (κ1) is 14.8. The number of carbonyl (C=O) groups is 1. The van der Waals surface area contributed by atoms with E-state index in [1.54, 1.807) is 17.1 Å². The van der Waals surface area contributed by atoms with E-state index in [1.165, 1.54) is 6.33 Å². The monoisotopic (exact) mass is 327 g/mol. The molecule has 8 nitrogen and oxygen atoms in total. The van der Waals surface area contributed by atoms with Crippen LogP contribution in [0, 0.1) is 0 Å². The molecular weight excluding hydrogens is 310 g/mol. The third-order valence-corrected chi connectivity index (χ3v) is 4.93. The van der Waals surface area contributed by atoms with Crippen molar-refractivity contribution in [3.63, 3.8) is 0 Å². The van der Waals surface area contributed by atoms with Crippen molar-refractivity contribution >= 4 is 17.5 Å². The van der Waals surface area contributed by atoms with E-state index >= 15 is 0 Å². The Labute approximate surface area is 136 Å². The number of aryl methyl sites for hydroxylation is 1. The van der Waals surface area contributed by atoms with E-state index in [9.17, 15) is 14.7 Å². The standard InChI is InChI=1S/C16H17N5O3/c1-8-11(23)3-10(12-9(5-22)4-20(2)14(8)12)21-7-19-13-15(21)17-6-18-16(13)24/h4-8,10-11,23H,3H2,1-2H3,(H,17,18,24)/t8-,10-,11-/m1/s1. The Hall–Kier alpha value is -2.74. The van der Waals surface area contributed by atoms with E-state index < -0.39 is 6.10 Å². The maximum absolute atomic E-state index is 11.9. The maximum Gasteiger partial charge on any atom is 0.278 e. The molecule has 0 aliphatic heterocycles. The van der Waals surface area contributed by atoms with E-state index in [4.69, 9.17) is 0 Å². The number of nitrogens with one attached hydrogen (secondary N) is 1. The highest BCUT2D eigenvalue weighted by Gasteiger charge is 2.37. The Morgan fingerprint density at radius 2 is 2.21 bits per heavy atom. The van der Waals surface area contributed by atoms with Gasteiger partial charge in [0.25, 0.3) is 5.56 Å². The number of aldehydes is 1. The van der Waals surface area contributed by atoms with Crippen molar-refractivity contribution in [2.24, 2.45) is 7.05 Å². The van der Waals surface area contributed by atoms with Crippen LogP contribution in [0.15, 0.2) is 23.6 Å². The summed E-state index contributed by atoms with van der Waals surface area (Å²) in [4.78, 5) is 34.3. The first-order chi connectivity index (χ1) is 11.5. The summed E-state index contributed by atoms with van der Waals surface area (Å²) in [6.45, 7) is 1.95. The van der Waals surface area contributed by atoms with Crippen molar-refractivity contribution in [1.29, 1.82) is 0 Å². The van der Waals surface area contributed by atoms with Crippen molar-refractivity contribution in [3.05, 3.63) is 46.0 Å². The summed E-state index contributed by atoms with van der Waals surface area (Å²) in [5, 5.41) is 10.5. The van der Waals surface area contributed by atoms with Crippen LogP contribution in [0.25, 0.3) is 11.2 Å². The lowest BCUT2D eigenvalue weighted by Crippen LogP contribution is -2.31. The summed E-state index contributed by atoms with van der Waals surface area (Å²) in [6, 6.07) is -0.299. The molecule has 3 atom stereocenters. The Balaban J connectivity index is 1.99. The topological polar surface area (TPSA) is 106 Å². The fraction of sp³-hybridized carbons (Fsp3) is 0.375. The van der Waals surface area contributed by atoms with Crippen molar-refractivity contribution < 1.29 is 9.90 Å². The third kappa shape index (κ3) is 1.89. The molecule has 4 rings (SSSR count). The number of imidazole rings is 1. The van der Waals surface area contributed by atoms with Crippen molar-refractivity contribution in [3.8, 4) is 0 Å². The maximum atomic E-state index is 11.9. The van der Waals surface area contributed by atoms with E-state index in [0.29, 0.717) is 17.6 Å². The Kier molecular flexibility index (Phi) is 3.17. The predicted molar refractivity (Wildman–Crippen MR) is 86.1 cm³/mol. The smallest absolute Gasteiger partial charge is 0.278 e. The number of fused-ring (bicyclic) bond motifs is 2. The van der Waals surface area contributed by atoms with Gasteiger partial charge in [-0.05, 0) is 6.42 Å². The quantitative estimate of drug-likeness (QED) is 0.675. The average Bonchev–Trinajstić information content (AvgIpc) is 3.13. The van der Waals surface area contributed by atoms with Crippen LogP contribution in [-0.2, 0) is 7.05 Å². The number of rotatable bonds is 2. The minimum absolute atomic E-state index is 0.0823. The van der Waals surface area contributed by atoms with Gasteiger partial charge in [0.2, 0.25) is 0 Å². The van der Waals surface area contributed by atoms with Crippen LogP contribution in [0.5, 0.6) is 0 Å². The average molecular weight is 327 g/mol. The molecule has 0 spiro atoms. The summed E-state index contributed by atoms with van der Waals surface area (Å²) in [7, 11) is 1.87. The third-order valence-electron chi connectivity index (χ3n) is 4.93. The SMILES string of the molecule is C[C@H]1c2c(c(C=O)cn2C)[C@H](n2cnc3c(=O)[nH]cnc32)C[C@H]1O. The summed E-state index contributed by atoms with van der Waals surface area (Å²) in [5.74, 6) is -0.0823. The molecule has 8 heteroatoms. The highest BCUT2D eigenvalue weighted by Crippen LogP contribution is 2.42. The molecule has 0 saturated carbocycles. The van der Waals surface area contributed by atoms with Crippen molar-refractivity contribution in [2.75, 3.05) is 0 Å². The van der Waals surface area contributed by atoms with Gasteiger partial charge in [0.1, 0.15) is 0 Å². The zero-order chi connectivity index (χ0) is 17.0. The molecule has 3 aromatic rings. The van der Waals surface area contributed by atoms with Gasteiger partial charge in [-0.3, -0.25) is 9.59 Å². The minimum Gasteiger partial charge on any atom is -0.392 e. The number of H-pyrrole nitrogens is 1. The summed E-state index contributed by atoms with van der Waals surface area (Å²) in [5.41, 5.74) is 2.75. The summed E-state index contributed by atoms with van der Waals surface area (Å²) in [6.07, 6.45) is 5.35. The number of hydrogen-bond donors (Lipinski definition) is 2. The highest BCUT2D eigenvalue weighted by molar-refractivity contribution is 5.79. The van der Waals surface area contributed by atoms with E-state index in [-0.39, 0.29) is 23.0 Å². The van der Waals surface area contributed by atoms with Crippen LogP contribution in [0.2, 0.25) is 0 Å². The molecular formula is C16H17N5O3. The zero-order valence-corrected chi connectivity index (χ0v) is 13.3. The van der Waals surface area contributed by atoms with Crippen LogP contribution in [0.1, 0.15) is 46.9 Å². The van der Waals surface area contributed by atoms with E-state index in [2.05, 4.69) is 15.0 Å². The highest BCUT2D eigenvalue weighted by atomic mass is 16.3. The molecule has 0 fully saturated rings. The van der Waals surface area contributed by atoms with E-state index in [0.717, 1.165) is 17.5 Å². The number of aliphatic hydroxyl groups excluding tert-OH is 1. The second-order valence-corrected chi connectivity index (χ2v) is 6.28. The Bertz CT molecular complexity index is 999. The Morgan fingerprint density at radius 3 is 2.96 bits per heavy atom. The van der Waals surface area contributed by atoms with Gasteiger partial charge in [-0.15, -0.1) is 0 Å². The number of hydrogen-bond acceptors (Lipinski definition) is 5. The molecule has 1 aliphatic rings. The fourth-order valence-corrected chi connectivity index (χ4v) is 3.79. The van der Waals surface area contributed by atoms with Gasteiger partial charge in [-0.1, -0.05) is 6.92 Å². The van der Waals surface area contributed by atoms with Gasteiger partial charge in [-0.2, -0.15) is 0 Å². The fourth-order valence-electron chi connectivity index (χ4n) is 3.79. The van der Waals surface area contributed by atoms with Crippen LogP contribution in [0.3, 0.4) is 0 Å². The molecule has 124 valence electrons. The van der Waals surface area contributed by atoms with Gasteiger partial charge in [0.15, 0.2) is 17.5 Å². The molecule has 0 bridgehead atoms. The van der Waals surface area contributed by atoms with Crippen LogP contribution in [0.4, 0.5) is 0 Å². The molecule has 2 N–H and O–H groups in total. The van der Waals surface area contributed by atoms with Crippen LogP contribution < -0.4 is 5.56 Å². The molecule has 0 aromatic carbocycles. The van der Waals surface area contributed by atoms with Gasteiger partial charge in [0.05, 0.1) is 24.8 Å². The second kappa shape index (κ2) is 5.13. The molecule has 0 radical (unpaired) electrons. The first-order valence-electron chi connectivity index (χ1n) is 7.75. The van der Waals surface area contributed by atoms with Gasteiger partial charge < -0.3 is 19.2 Å². The van der Waals surface area contributed by atoms with E-state index in [1.807, 2.05) is 18.5 Å². The molecule has 0 amide bonds.